The van der Waals surface area contributed by atoms with E-state index in [-0.39, 0.29) is 0 Å². The molecule has 2 nitrogen and oxygen atoms in total. The number of hydrogen-bond acceptors (Lipinski definition) is 2. The minimum absolute atomic E-state index is 0.379. The Labute approximate surface area is 79.1 Å². The Bertz CT molecular complexity index is 247. The zero-order valence-corrected chi connectivity index (χ0v) is 7.96. The van der Waals surface area contributed by atoms with Gasteiger partial charge >= 0.3 is 0 Å². The molecule has 0 bridgehead atoms. The van der Waals surface area contributed by atoms with Crippen LogP contribution >= 0.6 is 0 Å². The Balaban J connectivity index is 2.06. The first-order valence-electron chi connectivity index (χ1n) is 5.06. The van der Waals surface area contributed by atoms with E-state index in [1.807, 2.05) is 6.26 Å². The molecule has 1 saturated carbocycles. The van der Waals surface area contributed by atoms with Crippen molar-refractivity contribution in [3.8, 4) is 0 Å². The number of rotatable bonds is 3. The summed E-state index contributed by atoms with van der Waals surface area (Å²) in [6.45, 7) is 0.818. The molecule has 1 aromatic rings. The molecule has 0 radical (unpaired) electrons. The Kier molecular flexibility index (Phi) is 2.40. The Hall–Kier alpha value is -0.760. The van der Waals surface area contributed by atoms with E-state index in [9.17, 15) is 0 Å². The summed E-state index contributed by atoms with van der Waals surface area (Å²) < 4.78 is 5.07. The van der Waals surface area contributed by atoms with Gasteiger partial charge < -0.3 is 10.2 Å². The monoisotopic (exact) mass is 179 g/mol. The molecule has 1 fully saturated rings. The van der Waals surface area contributed by atoms with Crippen LogP contribution < -0.4 is 5.73 Å². The Morgan fingerprint density at radius 3 is 2.69 bits per heavy atom. The van der Waals surface area contributed by atoms with Crippen molar-refractivity contribution in [2.75, 3.05) is 6.54 Å². The SMILES string of the molecule is NCC1(Cc2ccoc2)CCCC1. The molecule has 0 amide bonds. The first kappa shape index (κ1) is 8.82. The van der Waals surface area contributed by atoms with Crippen LogP contribution in [0.15, 0.2) is 23.0 Å². The van der Waals surface area contributed by atoms with Crippen LogP contribution in [0.25, 0.3) is 0 Å². The van der Waals surface area contributed by atoms with Crippen LogP contribution in [0.5, 0.6) is 0 Å². The van der Waals surface area contributed by atoms with Gasteiger partial charge in [-0.05, 0) is 42.9 Å². The molecule has 13 heavy (non-hydrogen) atoms. The fraction of sp³-hybridized carbons (Fsp3) is 0.636. The minimum atomic E-state index is 0.379. The summed E-state index contributed by atoms with van der Waals surface area (Å²) in [5, 5.41) is 0. The molecule has 0 atom stereocenters. The minimum Gasteiger partial charge on any atom is -0.472 e. The number of hydrogen-bond donors (Lipinski definition) is 1. The van der Waals surface area contributed by atoms with Gasteiger partial charge in [0.05, 0.1) is 12.5 Å². The van der Waals surface area contributed by atoms with Crippen LogP contribution in [-0.4, -0.2) is 6.54 Å². The van der Waals surface area contributed by atoms with E-state index in [0.29, 0.717) is 5.41 Å². The average Bonchev–Trinajstić information content (AvgIpc) is 2.77. The van der Waals surface area contributed by atoms with Gasteiger partial charge in [-0.1, -0.05) is 12.8 Å². The zero-order chi connectivity index (χ0) is 9.15. The van der Waals surface area contributed by atoms with Gasteiger partial charge in [0, 0.05) is 0 Å². The molecule has 1 aliphatic rings. The van der Waals surface area contributed by atoms with E-state index >= 15 is 0 Å². The van der Waals surface area contributed by atoms with Crippen LogP contribution in [0.1, 0.15) is 31.2 Å². The number of furan rings is 1. The van der Waals surface area contributed by atoms with E-state index in [2.05, 4.69) is 6.07 Å². The first-order valence-corrected chi connectivity index (χ1v) is 5.06. The molecular weight excluding hydrogens is 162 g/mol. The molecule has 0 saturated heterocycles. The maximum Gasteiger partial charge on any atom is 0.0934 e. The summed E-state index contributed by atoms with van der Waals surface area (Å²) in [4.78, 5) is 0. The van der Waals surface area contributed by atoms with Crippen molar-refractivity contribution in [1.82, 2.24) is 0 Å². The molecule has 2 rings (SSSR count). The fourth-order valence-corrected chi connectivity index (χ4v) is 2.40. The summed E-state index contributed by atoms with van der Waals surface area (Å²) in [7, 11) is 0. The summed E-state index contributed by atoms with van der Waals surface area (Å²) in [6, 6.07) is 2.05. The lowest BCUT2D eigenvalue weighted by atomic mass is 9.81. The lowest BCUT2D eigenvalue weighted by molar-refractivity contribution is 0.305. The highest BCUT2D eigenvalue weighted by Gasteiger charge is 2.32. The third kappa shape index (κ3) is 1.78. The van der Waals surface area contributed by atoms with Crippen molar-refractivity contribution in [3.05, 3.63) is 24.2 Å². The highest BCUT2D eigenvalue weighted by atomic mass is 16.3. The topological polar surface area (TPSA) is 39.2 Å². The van der Waals surface area contributed by atoms with Crippen molar-refractivity contribution in [1.29, 1.82) is 0 Å². The first-order chi connectivity index (χ1) is 6.35. The van der Waals surface area contributed by atoms with Gasteiger partial charge in [0.1, 0.15) is 0 Å². The molecule has 72 valence electrons. The van der Waals surface area contributed by atoms with Crippen LogP contribution in [0.3, 0.4) is 0 Å². The third-order valence-corrected chi connectivity index (χ3v) is 3.26. The van der Waals surface area contributed by atoms with E-state index in [1.54, 1.807) is 6.26 Å². The zero-order valence-electron chi connectivity index (χ0n) is 7.96. The maximum atomic E-state index is 5.85. The van der Waals surface area contributed by atoms with Gasteiger partial charge in [0.25, 0.3) is 0 Å². The van der Waals surface area contributed by atoms with Gasteiger partial charge in [0.15, 0.2) is 0 Å². The lowest BCUT2D eigenvalue weighted by Crippen LogP contribution is -2.29. The predicted molar refractivity (Wildman–Crippen MR) is 52.4 cm³/mol. The van der Waals surface area contributed by atoms with Crippen molar-refractivity contribution in [3.63, 3.8) is 0 Å². The quantitative estimate of drug-likeness (QED) is 0.773. The van der Waals surface area contributed by atoms with E-state index in [1.165, 1.54) is 31.2 Å². The molecular formula is C11H17NO. The lowest BCUT2D eigenvalue weighted by Gasteiger charge is -2.26. The Morgan fingerprint density at radius 1 is 1.38 bits per heavy atom. The summed E-state index contributed by atoms with van der Waals surface area (Å²) >= 11 is 0. The summed E-state index contributed by atoms with van der Waals surface area (Å²) in [6.07, 6.45) is 9.94. The maximum absolute atomic E-state index is 5.85. The molecule has 2 N–H and O–H groups in total. The van der Waals surface area contributed by atoms with Crippen molar-refractivity contribution >= 4 is 0 Å². The van der Waals surface area contributed by atoms with Crippen molar-refractivity contribution < 1.29 is 4.42 Å². The largest absolute Gasteiger partial charge is 0.472 e. The van der Waals surface area contributed by atoms with Crippen LogP contribution in [0, 0.1) is 5.41 Å². The highest BCUT2D eigenvalue weighted by Crippen LogP contribution is 2.39. The van der Waals surface area contributed by atoms with Gasteiger partial charge in [-0.15, -0.1) is 0 Å². The normalized spacial score (nSPS) is 20.7. The van der Waals surface area contributed by atoms with Crippen molar-refractivity contribution in [2.24, 2.45) is 11.1 Å². The fourth-order valence-electron chi connectivity index (χ4n) is 2.40. The van der Waals surface area contributed by atoms with Gasteiger partial charge in [-0.2, -0.15) is 0 Å². The molecule has 0 aliphatic heterocycles. The molecule has 1 heterocycles. The molecule has 0 unspecified atom stereocenters. The van der Waals surface area contributed by atoms with Gasteiger partial charge in [-0.3, -0.25) is 0 Å². The van der Waals surface area contributed by atoms with Crippen molar-refractivity contribution in [2.45, 2.75) is 32.1 Å². The van der Waals surface area contributed by atoms with Crippen LogP contribution in [-0.2, 0) is 6.42 Å². The van der Waals surface area contributed by atoms with Crippen LogP contribution in [0.2, 0.25) is 0 Å². The second-order valence-corrected chi connectivity index (χ2v) is 4.22. The molecule has 0 aromatic carbocycles. The smallest absolute Gasteiger partial charge is 0.0934 e. The molecule has 1 aromatic heterocycles. The third-order valence-electron chi connectivity index (χ3n) is 3.26. The van der Waals surface area contributed by atoms with E-state index in [0.717, 1.165) is 13.0 Å². The number of nitrogens with two attached hydrogens (primary N) is 1. The standard InChI is InChI=1S/C11H17NO/c12-9-11(4-1-2-5-11)7-10-3-6-13-8-10/h3,6,8H,1-2,4-5,7,9,12H2. The molecule has 0 spiro atoms. The summed E-state index contributed by atoms with van der Waals surface area (Å²) in [5.41, 5.74) is 7.53. The van der Waals surface area contributed by atoms with Crippen LogP contribution in [0.4, 0.5) is 0 Å². The second kappa shape index (κ2) is 3.54. The second-order valence-electron chi connectivity index (χ2n) is 4.22. The van der Waals surface area contributed by atoms with Gasteiger partial charge in [-0.25, -0.2) is 0 Å². The summed E-state index contributed by atoms with van der Waals surface area (Å²) in [5.74, 6) is 0. The Morgan fingerprint density at radius 2 is 2.15 bits per heavy atom. The van der Waals surface area contributed by atoms with E-state index < -0.39 is 0 Å². The van der Waals surface area contributed by atoms with Gasteiger partial charge in [0.2, 0.25) is 0 Å². The predicted octanol–water partition coefficient (Wildman–Crippen LogP) is 2.34. The highest BCUT2D eigenvalue weighted by molar-refractivity contribution is 5.09. The average molecular weight is 179 g/mol. The van der Waals surface area contributed by atoms with E-state index in [4.69, 9.17) is 10.2 Å². The molecule has 2 heteroatoms. The molecule has 1 aliphatic carbocycles.